The van der Waals surface area contributed by atoms with Crippen molar-refractivity contribution in [1.29, 1.82) is 0 Å². The van der Waals surface area contributed by atoms with Gasteiger partial charge in [0.2, 0.25) is 5.95 Å². The maximum Gasteiger partial charge on any atom is 0.238 e. The minimum atomic E-state index is 0.571. The third-order valence-corrected chi connectivity index (χ3v) is 12.3. The number of hydrogen-bond acceptors (Lipinski definition) is 3. The van der Waals surface area contributed by atoms with Gasteiger partial charge < -0.3 is 9.13 Å². The summed E-state index contributed by atoms with van der Waals surface area (Å²) in [6.07, 6.45) is 0. The molecule has 13 rings (SSSR count). The Morgan fingerprint density at radius 1 is 0.295 bits per heavy atom. The van der Waals surface area contributed by atoms with E-state index in [4.69, 9.17) is 15.0 Å². The van der Waals surface area contributed by atoms with Gasteiger partial charge in [-0.3, -0.25) is 4.57 Å². The van der Waals surface area contributed by atoms with Crippen molar-refractivity contribution >= 4 is 76.2 Å². The van der Waals surface area contributed by atoms with Crippen LogP contribution in [-0.2, 0) is 0 Å². The standard InChI is InChI=1S/C55H34N6/c1-3-17-36(18-4-1)53-56-54(37-19-5-2-6-20-37)58-55(57-53)61-45-27-14-9-22-40(45)50-46(28-15-29-47(50)61)60-44-26-13-11-24-42(44)52-49(60)33-32-48-51(52)41-23-10-12-25-43(41)59(48)39-31-30-35-16-7-8-21-38(35)34-39/h1-34H. The number of benzene rings is 9. The summed E-state index contributed by atoms with van der Waals surface area (Å²) in [5.74, 6) is 1.82. The van der Waals surface area contributed by atoms with Crippen molar-refractivity contribution in [2.45, 2.75) is 0 Å². The third kappa shape index (κ3) is 5.00. The number of nitrogens with zero attached hydrogens (tertiary/aromatic N) is 6. The first-order valence-corrected chi connectivity index (χ1v) is 20.6. The van der Waals surface area contributed by atoms with Gasteiger partial charge in [0.15, 0.2) is 11.6 Å². The quantitative estimate of drug-likeness (QED) is 0.175. The van der Waals surface area contributed by atoms with Crippen molar-refractivity contribution in [3.05, 3.63) is 206 Å². The molecule has 0 fully saturated rings. The summed E-state index contributed by atoms with van der Waals surface area (Å²) in [7, 11) is 0. The van der Waals surface area contributed by atoms with E-state index in [1.165, 1.54) is 43.4 Å². The van der Waals surface area contributed by atoms with Crippen LogP contribution in [0, 0.1) is 0 Å². The zero-order valence-corrected chi connectivity index (χ0v) is 32.8. The van der Waals surface area contributed by atoms with E-state index in [2.05, 4.69) is 184 Å². The highest BCUT2D eigenvalue weighted by molar-refractivity contribution is 6.29. The summed E-state index contributed by atoms with van der Waals surface area (Å²) in [6, 6.07) is 73.2. The Labute approximate surface area is 349 Å². The van der Waals surface area contributed by atoms with Crippen molar-refractivity contribution in [3.63, 3.8) is 0 Å². The van der Waals surface area contributed by atoms with Crippen LogP contribution >= 0.6 is 0 Å². The Balaban J connectivity index is 1.11. The van der Waals surface area contributed by atoms with Crippen LogP contribution in [0.1, 0.15) is 0 Å². The molecular weight excluding hydrogens is 745 g/mol. The molecule has 0 aliphatic carbocycles. The first kappa shape index (κ1) is 33.6. The highest BCUT2D eigenvalue weighted by Crippen LogP contribution is 2.44. The van der Waals surface area contributed by atoms with Crippen LogP contribution in [0.5, 0.6) is 0 Å². The molecule has 0 bridgehead atoms. The highest BCUT2D eigenvalue weighted by Gasteiger charge is 2.24. The van der Waals surface area contributed by atoms with E-state index < -0.39 is 0 Å². The van der Waals surface area contributed by atoms with Crippen LogP contribution in [0.4, 0.5) is 0 Å². The van der Waals surface area contributed by atoms with Crippen molar-refractivity contribution in [2.24, 2.45) is 0 Å². The van der Waals surface area contributed by atoms with Crippen molar-refractivity contribution in [2.75, 3.05) is 0 Å². The summed E-state index contributed by atoms with van der Waals surface area (Å²) in [4.78, 5) is 15.4. The summed E-state index contributed by atoms with van der Waals surface area (Å²) >= 11 is 0. The van der Waals surface area contributed by atoms with Gasteiger partial charge >= 0.3 is 0 Å². The molecule has 0 unspecified atom stereocenters. The molecule has 0 amide bonds. The lowest BCUT2D eigenvalue weighted by molar-refractivity contribution is 0.953. The monoisotopic (exact) mass is 778 g/mol. The molecule has 0 spiro atoms. The normalized spacial score (nSPS) is 11.9. The van der Waals surface area contributed by atoms with E-state index in [9.17, 15) is 0 Å². The fraction of sp³-hybridized carbons (Fsp3) is 0. The summed E-state index contributed by atoms with van der Waals surface area (Å²) in [5, 5.41) is 9.63. The van der Waals surface area contributed by atoms with Crippen LogP contribution in [-0.4, -0.2) is 28.7 Å². The number of aromatic nitrogens is 6. The van der Waals surface area contributed by atoms with E-state index in [1.54, 1.807) is 0 Å². The predicted octanol–water partition coefficient (Wildman–Crippen LogP) is 13.7. The van der Waals surface area contributed by atoms with Crippen molar-refractivity contribution < 1.29 is 0 Å². The van der Waals surface area contributed by atoms with Gasteiger partial charge in [0.05, 0.1) is 38.8 Å². The van der Waals surface area contributed by atoms with Gasteiger partial charge in [-0.2, -0.15) is 9.97 Å². The Morgan fingerprint density at radius 2 is 0.770 bits per heavy atom. The minimum absolute atomic E-state index is 0.571. The van der Waals surface area contributed by atoms with Crippen LogP contribution in [0.25, 0.3) is 116 Å². The number of rotatable bonds is 5. The Hall–Kier alpha value is -8.35. The second-order valence-corrected chi connectivity index (χ2v) is 15.6. The maximum absolute atomic E-state index is 5.20. The van der Waals surface area contributed by atoms with E-state index in [0.29, 0.717) is 17.6 Å². The fourth-order valence-corrected chi connectivity index (χ4v) is 9.67. The molecule has 0 saturated heterocycles. The van der Waals surface area contributed by atoms with Crippen LogP contribution in [0.15, 0.2) is 206 Å². The smallest absolute Gasteiger partial charge is 0.238 e. The average molecular weight is 779 g/mol. The molecule has 0 aliphatic heterocycles. The molecule has 0 radical (unpaired) electrons. The summed E-state index contributed by atoms with van der Waals surface area (Å²) in [5.41, 5.74) is 10.8. The van der Waals surface area contributed by atoms with E-state index in [0.717, 1.165) is 55.3 Å². The molecule has 4 aromatic heterocycles. The molecule has 0 N–H and O–H groups in total. The van der Waals surface area contributed by atoms with E-state index >= 15 is 0 Å². The second kappa shape index (κ2) is 13.1. The molecule has 4 heterocycles. The van der Waals surface area contributed by atoms with Crippen molar-refractivity contribution in [1.82, 2.24) is 28.7 Å². The Morgan fingerprint density at radius 3 is 1.41 bits per heavy atom. The highest BCUT2D eigenvalue weighted by atomic mass is 15.2. The molecule has 61 heavy (non-hydrogen) atoms. The first-order chi connectivity index (χ1) is 30.3. The van der Waals surface area contributed by atoms with Crippen LogP contribution in [0.3, 0.4) is 0 Å². The van der Waals surface area contributed by atoms with Gasteiger partial charge in [-0.15, -0.1) is 0 Å². The third-order valence-electron chi connectivity index (χ3n) is 12.3. The number of fused-ring (bicyclic) bond motifs is 11. The molecule has 0 aliphatic rings. The number of para-hydroxylation sites is 3. The molecular formula is C55H34N6. The van der Waals surface area contributed by atoms with E-state index in [-0.39, 0.29) is 0 Å². The van der Waals surface area contributed by atoms with Gasteiger partial charge in [0, 0.05) is 49.1 Å². The van der Waals surface area contributed by atoms with Crippen molar-refractivity contribution in [3.8, 4) is 40.1 Å². The lowest BCUT2D eigenvalue weighted by Crippen LogP contribution is -2.06. The topological polar surface area (TPSA) is 53.5 Å². The first-order valence-electron chi connectivity index (χ1n) is 20.6. The summed E-state index contributed by atoms with van der Waals surface area (Å²) in [6.45, 7) is 0. The van der Waals surface area contributed by atoms with Gasteiger partial charge in [0.1, 0.15) is 0 Å². The molecule has 284 valence electrons. The van der Waals surface area contributed by atoms with Gasteiger partial charge in [-0.05, 0) is 65.4 Å². The molecule has 6 heteroatoms. The lowest BCUT2D eigenvalue weighted by atomic mass is 10.1. The Kier molecular flexibility index (Phi) is 7.21. The molecule has 9 aromatic carbocycles. The van der Waals surface area contributed by atoms with Gasteiger partial charge in [-0.1, -0.05) is 152 Å². The minimum Gasteiger partial charge on any atom is -0.309 e. The van der Waals surface area contributed by atoms with Gasteiger partial charge in [-0.25, -0.2) is 4.98 Å². The lowest BCUT2D eigenvalue weighted by Gasteiger charge is -2.12. The fourth-order valence-electron chi connectivity index (χ4n) is 9.67. The van der Waals surface area contributed by atoms with Crippen LogP contribution in [0.2, 0.25) is 0 Å². The largest absolute Gasteiger partial charge is 0.309 e. The summed E-state index contributed by atoms with van der Waals surface area (Å²) < 4.78 is 7.10. The van der Waals surface area contributed by atoms with Gasteiger partial charge in [0.25, 0.3) is 0 Å². The second-order valence-electron chi connectivity index (χ2n) is 15.6. The zero-order valence-electron chi connectivity index (χ0n) is 32.8. The molecule has 0 atom stereocenters. The molecule has 0 saturated carbocycles. The maximum atomic E-state index is 5.20. The number of hydrogen-bond donors (Lipinski definition) is 0. The SMILES string of the molecule is c1ccc(-c2nc(-c3ccccc3)nc(-n3c4ccccc4c4c(-n5c6ccccc6c6c7c8ccccc8n(-c8ccc9ccccc9c8)c7ccc65)cccc43)n2)cc1. The van der Waals surface area contributed by atoms with Crippen LogP contribution < -0.4 is 0 Å². The zero-order chi connectivity index (χ0) is 40.0. The molecule has 13 aromatic rings. The molecule has 6 nitrogen and oxygen atoms in total. The van der Waals surface area contributed by atoms with E-state index in [1.807, 2.05) is 36.4 Å². The predicted molar refractivity (Wildman–Crippen MR) is 251 cm³/mol. The average Bonchev–Trinajstić information content (AvgIpc) is 3.98. The Bertz CT molecular complexity index is 3820.